The quantitative estimate of drug-likeness (QED) is 0.500. The molecule has 0 bridgehead atoms. The Morgan fingerprint density at radius 3 is 2.56 bits per heavy atom. The number of hydrogen-bond acceptors (Lipinski definition) is 7. The normalized spacial score (nSPS) is 17.1. The van der Waals surface area contributed by atoms with Crippen LogP contribution in [-0.4, -0.2) is 59.5 Å². The lowest BCUT2D eigenvalue weighted by Crippen LogP contribution is -2.38. The summed E-state index contributed by atoms with van der Waals surface area (Å²) in [6, 6.07) is 5.13. The number of carboxylic acid groups (broad SMARTS) is 1. The number of fused-ring (bicyclic) bond motifs is 1. The first-order chi connectivity index (χ1) is 16.4. The number of aromatic carboxylic acids is 1. The van der Waals surface area contributed by atoms with Crippen LogP contribution in [0.3, 0.4) is 0 Å². The van der Waals surface area contributed by atoms with Gasteiger partial charge in [0.2, 0.25) is 5.91 Å². The minimum Gasteiger partial charge on any atom is -0.507 e. The summed E-state index contributed by atoms with van der Waals surface area (Å²) in [6.45, 7) is 4.16. The molecule has 1 aliphatic heterocycles. The first kappa shape index (κ1) is 25.7. The summed E-state index contributed by atoms with van der Waals surface area (Å²) >= 11 is 0. The van der Waals surface area contributed by atoms with Crippen molar-refractivity contribution in [2.75, 3.05) is 32.2 Å². The van der Waals surface area contributed by atoms with Gasteiger partial charge in [-0.3, -0.25) is 9.78 Å². The molecule has 9 nitrogen and oxygen atoms in total. The molecule has 2 aliphatic rings. The van der Waals surface area contributed by atoms with Crippen molar-refractivity contribution in [3.63, 3.8) is 0 Å². The molecule has 0 radical (unpaired) electrons. The summed E-state index contributed by atoms with van der Waals surface area (Å²) < 4.78 is 10.8. The number of nitrogen functional groups attached to an aromatic ring is 1. The monoisotopic (exact) mass is 473 g/mol. The van der Waals surface area contributed by atoms with Crippen molar-refractivity contribution in [2.45, 2.75) is 57.9 Å². The molecule has 2 heterocycles. The molecule has 0 unspecified atom stereocenters. The van der Waals surface area contributed by atoms with Crippen molar-refractivity contribution >= 4 is 28.5 Å². The third-order valence-corrected chi connectivity index (χ3v) is 6.32. The maximum absolute atomic E-state index is 11.7. The van der Waals surface area contributed by atoms with E-state index in [1.165, 1.54) is 25.3 Å². The van der Waals surface area contributed by atoms with Crippen molar-refractivity contribution < 1.29 is 29.3 Å². The van der Waals surface area contributed by atoms with Crippen molar-refractivity contribution in [3.8, 4) is 5.75 Å². The van der Waals surface area contributed by atoms with Gasteiger partial charge >= 0.3 is 5.97 Å². The van der Waals surface area contributed by atoms with E-state index in [1.807, 2.05) is 0 Å². The third kappa shape index (κ3) is 7.04. The number of carbonyl (C=O) groups is 2. The van der Waals surface area contributed by atoms with Crippen LogP contribution < -0.4 is 11.1 Å². The van der Waals surface area contributed by atoms with E-state index in [-0.39, 0.29) is 34.9 Å². The molecule has 1 saturated carbocycles. The summed E-state index contributed by atoms with van der Waals surface area (Å²) in [5.74, 6) is -0.590. The molecule has 1 aliphatic carbocycles. The van der Waals surface area contributed by atoms with E-state index in [2.05, 4.69) is 10.3 Å². The van der Waals surface area contributed by atoms with Gasteiger partial charge < -0.3 is 30.7 Å². The fourth-order valence-corrected chi connectivity index (χ4v) is 4.47. The number of rotatable bonds is 6. The first-order valence-corrected chi connectivity index (χ1v) is 11.9. The highest BCUT2D eigenvalue weighted by molar-refractivity contribution is 6.06. The molecule has 9 heteroatoms. The van der Waals surface area contributed by atoms with Crippen LogP contribution in [0.2, 0.25) is 0 Å². The summed E-state index contributed by atoms with van der Waals surface area (Å²) in [6.07, 6.45) is 8.18. The zero-order valence-electron chi connectivity index (χ0n) is 19.7. The molecule has 2 aromatic rings. The van der Waals surface area contributed by atoms with Gasteiger partial charge in [-0.15, -0.1) is 0 Å². The van der Waals surface area contributed by atoms with Crippen molar-refractivity contribution in [3.05, 3.63) is 29.5 Å². The zero-order chi connectivity index (χ0) is 24.5. The molecule has 1 aromatic carbocycles. The minimum atomic E-state index is -1.15. The molecule has 186 valence electrons. The lowest BCUT2D eigenvalue weighted by Gasteiger charge is -2.24. The van der Waals surface area contributed by atoms with Gasteiger partial charge in [0.25, 0.3) is 0 Å². The van der Waals surface area contributed by atoms with E-state index in [4.69, 9.17) is 20.3 Å². The van der Waals surface area contributed by atoms with Crippen LogP contribution in [0.4, 0.5) is 5.69 Å². The molecule has 4 rings (SSSR count). The number of carboxylic acids is 1. The van der Waals surface area contributed by atoms with Crippen LogP contribution in [0.1, 0.15) is 61.0 Å². The van der Waals surface area contributed by atoms with E-state index in [0.717, 1.165) is 38.9 Å². The zero-order valence-corrected chi connectivity index (χ0v) is 19.7. The van der Waals surface area contributed by atoms with Gasteiger partial charge in [-0.05, 0) is 50.7 Å². The summed E-state index contributed by atoms with van der Waals surface area (Å²) in [4.78, 5) is 26.8. The summed E-state index contributed by atoms with van der Waals surface area (Å²) in [5.41, 5.74) is 6.55. The SMILES string of the molecule is Cc1nc2cccc(O)c2c(N)c1C(=O)O.O=C(COCC1CCOCC1)NC1CCCCC1. The number of nitrogens with zero attached hydrogens (tertiary/aromatic N) is 1. The number of aryl methyl sites for hydroxylation is 1. The van der Waals surface area contributed by atoms with Crippen LogP contribution in [-0.2, 0) is 14.3 Å². The topological polar surface area (TPSA) is 144 Å². The number of aromatic hydroxyl groups is 1. The van der Waals surface area contributed by atoms with Gasteiger partial charge in [0.15, 0.2) is 0 Å². The van der Waals surface area contributed by atoms with Crippen LogP contribution in [0.5, 0.6) is 5.75 Å². The molecule has 2 fully saturated rings. The molecule has 1 aromatic heterocycles. The fraction of sp³-hybridized carbons (Fsp3) is 0.560. The number of nitrogens with one attached hydrogen (secondary N) is 1. The third-order valence-electron chi connectivity index (χ3n) is 6.32. The Morgan fingerprint density at radius 2 is 1.88 bits per heavy atom. The number of carbonyl (C=O) groups excluding carboxylic acids is 1. The molecule has 0 atom stereocenters. The maximum atomic E-state index is 11.7. The number of nitrogens with two attached hydrogens (primary N) is 1. The molecule has 0 spiro atoms. The second-order valence-corrected chi connectivity index (χ2v) is 8.94. The van der Waals surface area contributed by atoms with E-state index in [9.17, 15) is 14.7 Å². The van der Waals surface area contributed by atoms with E-state index >= 15 is 0 Å². The van der Waals surface area contributed by atoms with E-state index < -0.39 is 5.97 Å². The Morgan fingerprint density at radius 1 is 1.18 bits per heavy atom. The number of phenolic OH excluding ortho intramolecular Hbond substituents is 1. The van der Waals surface area contributed by atoms with Crippen molar-refractivity contribution in [2.24, 2.45) is 5.92 Å². The van der Waals surface area contributed by atoms with Crippen LogP contribution in [0.25, 0.3) is 10.9 Å². The number of amides is 1. The number of hydrogen-bond donors (Lipinski definition) is 4. The number of pyridine rings is 1. The fourth-order valence-electron chi connectivity index (χ4n) is 4.47. The van der Waals surface area contributed by atoms with Crippen LogP contribution >= 0.6 is 0 Å². The second kappa shape index (κ2) is 12.5. The number of aromatic nitrogens is 1. The standard InChI is InChI=1S/C14H25NO3.C11H10N2O3/c16-14(15-13-4-2-1-3-5-13)11-18-10-12-6-8-17-9-7-12;1-5-8(11(15)16)10(12)9-6(13-5)3-2-4-7(9)14/h12-13H,1-11H2,(H,15,16);2-4,14H,1H3,(H2,12,13)(H,15,16). The van der Waals surface area contributed by atoms with Gasteiger partial charge in [-0.1, -0.05) is 25.3 Å². The average molecular weight is 474 g/mol. The van der Waals surface area contributed by atoms with E-state index in [0.29, 0.717) is 29.8 Å². The highest BCUT2D eigenvalue weighted by atomic mass is 16.5. The highest BCUT2D eigenvalue weighted by Gasteiger charge is 2.19. The largest absolute Gasteiger partial charge is 0.507 e. The minimum absolute atomic E-state index is 0.0492. The van der Waals surface area contributed by atoms with Crippen molar-refractivity contribution in [1.29, 1.82) is 0 Å². The lowest BCUT2D eigenvalue weighted by molar-refractivity contribution is -0.127. The number of benzene rings is 1. The molecular formula is C25H35N3O6. The Hall–Kier alpha value is -2.91. The molecule has 1 amide bonds. The highest BCUT2D eigenvalue weighted by Crippen LogP contribution is 2.32. The predicted molar refractivity (Wildman–Crippen MR) is 129 cm³/mol. The average Bonchev–Trinajstić information content (AvgIpc) is 2.80. The van der Waals surface area contributed by atoms with Gasteiger partial charge in [0, 0.05) is 19.3 Å². The maximum Gasteiger partial charge on any atom is 0.339 e. The Bertz CT molecular complexity index is 984. The van der Waals surface area contributed by atoms with Gasteiger partial charge in [0.1, 0.15) is 17.9 Å². The number of anilines is 1. The molecule has 5 N–H and O–H groups in total. The smallest absolute Gasteiger partial charge is 0.339 e. The Kier molecular flexibility index (Phi) is 9.47. The van der Waals surface area contributed by atoms with Crippen LogP contribution in [0.15, 0.2) is 18.2 Å². The van der Waals surface area contributed by atoms with Gasteiger partial charge in [-0.25, -0.2) is 4.79 Å². The molecule has 1 saturated heterocycles. The lowest BCUT2D eigenvalue weighted by atomic mass is 9.95. The summed E-state index contributed by atoms with van der Waals surface area (Å²) in [5, 5.41) is 22.0. The number of ether oxygens (including phenoxy) is 2. The molecular weight excluding hydrogens is 438 g/mol. The van der Waals surface area contributed by atoms with Gasteiger partial charge in [0.05, 0.1) is 28.9 Å². The first-order valence-electron chi connectivity index (χ1n) is 11.9. The summed E-state index contributed by atoms with van der Waals surface area (Å²) in [7, 11) is 0. The van der Waals surface area contributed by atoms with Crippen molar-refractivity contribution in [1.82, 2.24) is 10.3 Å². The number of phenols is 1. The Labute approximate surface area is 199 Å². The van der Waals surface area contributed by atoms with E-state index in [1.54, 1.807) is 19.1 Å². The molecule has 34 heavy (non-hydrogen) atoms. The van der Waals surface area contributed by atoms with Crippen LogP contribution in [0, 0.1) is 12.8 Å². The Balaban J connectivity index is 0.000000192. The predicted octanol–water partition coefficient (Wildman–Crippen LogP) is 3.41. The van der Waals surface area contributed by atoms with Gasteiger partial charge in [-0.2, -0.15) is 0 Å². The second-order valence-electron chi connectivity index (χ2n) is 8.94.